The maximum atomic E-state index is 12.5. The van der Waals surface area contributed by atoms with Gasteiger partial charge in [0.2, 0.25) is 0 Å². The largest absolute Gasteiger partial charge is 0.598 e. The zero-order valence-electron chi connectivity index (χ0n) is 15.7. The van der Waals surface area contributed by atoms with Crippen LogP contribution in [0.3, 0.4) is 0 Å². The minimum Gasteiger partial charge on any atom is -0.598 e. The molecule has 6 nitrogen and oxygen atoms in total. The summed E-state index contributed by atoms with van der Waals surface area (Å²) in [5.74, 6) is 5.97. The standard InChI is InChI=1S/C19H26N2O4S/c1-18(2,3)26(23)20-19(11-8-12-24-4)14-21(15-19)17(22)25-13-16-9-6-5-7-10-16/h5-7,9-10,20H,12-15H2,1-4H3. The highest BCUT2D eigenvalue weighted by molar-refractivity contribution is 7.90. The minimum absolute atomic E-state index is 0.222. The van der Waals surface area contributed by atoms with Crippen LogP contribution in [-0.4, -0.2) is 52.6 Å². The third kappa shape index (κ3) is 5.64. The van der Waals surface area contributed by atoms with Gasteiger partial charge in [0, 0.05) is 18.5 Å². The van der Waals surface area contributed by atoms with Gasteiger partial charge in [0.15, 0.2) is 5.54 Å². The van der Waals surface area contributed by atoms with Gasteiger partial charge in [-0.1, -0.05) is 42.2 Å². The van der Waals surface area contributed by atoms with Crippen LogP contribution in [0.2, 0.25) is 0 Å². The summed E-state index contributed by atoms with van der Waals surface area (Å²) in [5, 5.41) is 0. The number of carbonyl (C=O) groups is 1. The molecule has 1 fully saturated rings. The maximum Gasteiger partial charge on any atom is 0.410 e. The zero-order valence-corrected chi connectivity index (χ0v) is 16.5. The predicted octanol–water partition coefficient (Wildman–Crippen LogP) is 2.08. The number of benzene rings is 1. The molecule has 1 unspecified atom stereocenters. The van der Waals surface area contributed by atoms with Gasteiger partial charge < -0.3 is 18.9 Å². The molecule has 0 spiro atoms. The van der Waals surface area contributed by atoms with Gasteiger partial charge in [-0.15, -0.1) is 4.72 Å². The first kappa shape index (κ1) is 20.6. The van der Waals surface area contributed by atoms with Crippen molar-refractivity contribution in [1.82, 2.24) is 9.62 Å². The smallest absolute Gasteiger partial charge is 0.410 e. The Kier molecular flexibility index (Phi) is 6.95. The van der Waals surface area contributed by atoms with Crippen molar-refractivity contribution in [2.24, 2.45) is 0 Å². The second-order valence-electron chi connectivity index (χ2n) is 7.20. The molecule has 1 N–H and O–H groups in total. The summed E-state index contributed by atoms with van der Waals surface area (Å²) in [7, 11) is 1.57. The zero-order chi connectivity index (χ0) is 19.2. The second-order valence-corrected chi connectivity index (χ2v) is 9.16. The van der Waals surface area contributed by atoms with Crippen molar-refractivity contribution < 1.29 is 18.8 Å². The summed E-state index contributed by atoms with van der Waals surface area (Å²) in [5.41, 5.74) is 0.224. The van der Waals surface area contributed by atoms with Gasteiger partial charge in [0.25, 0.3) is 0 Å². The predicted molar refractivity (Wildman–Crippen MR) is 102 cm³/mol. The molecule has 1 aromatic rings. The van der Waals surface area contributed by atoms with Gasteiger partial charge in [0.05, 0.1) is 13.1 Å². The van der Waals surface area contributed by atoms with Gasteiger partial charge in [-0.2, -0.15) is 0 Å². The molecule has 1 heterocycles. The highest BCUT2D eigenvalue weighted by atomic mass is 32.2. The summed E-state index contributed by atoms with van der Waals surface area (Å²) >= 11 is -1.29. The normalized spacial score (nSPS) is 16.9. The van der Waals surface area contributed by atoms with Crippen LogP contribution in [0.1, 0.15) is 26.3 Å². The highest BCUT2D eigenvalue weighted by Crippen LogP contribution is 2.26. The van der Waals surface area contributed by atoms with Crippen molar-refractivity contribution in [3.8, 4) is 11.8 Å². The number of nitrogens with zero attached hydrogens (tertiary/aromatic N) is 1. The minimum atomic E-state index is -1.29. The van der Waals surface area contributed by atoms with Gasteiger partial charge >= 0.3 is 6.09 Å². The van der Waals surface area contributed by atoms with Crippen molar-refractivity contribution in [3.63, 3.8) is 0 Å². The van der Waals surface area contributed by atoms with Crippen LogP contribution in [-0.2, 0) is 27.4 Å². The number of ether oxygens (including phenoxy) is 2. The average Bonchev–Trinajstić information content (AvgIpc) is 2.57. The Morgan fingerprint density at radius 3 is 2.58 bits per heavy atom. The number of rotatable bonds is 5. The lowest BCUT2D eigenvalue weighted by Crippen LogP contribution is -2.71. The highest BCUT2D eigenvalue weighted by Gasteiger charge is 2.49. The van der Waals surface area contributed by atoms with E-state index >= 15 is 0 Å². The fraction of sp³-hybridized carbons (Fsp3) is 0.526. The summed E-state index contributed by atoms with van der Waals surface area (Å²) in [6.07, 6.45) is -0.402. The van der Waals surface area contributed by atoms with Crippen LogP contribution < -0.4 is 4.72 Å². The average molecular weight is 378 g/mol. The first-order chi connectivity index (χ1) is 12.3. The van der Waals surface area contributed by atoms with E-state index in [1.807, 2.05) is 51.1 Å². The van der Waals surface area contributed by atoms with Crippen molar-refractivity contribution in [1.29, 1.82) is 0 Å². The van der Waals surface area contributed by atoms with E-state index in [-0.39, 0.29) is 13.2 Å². The molecule has 0 radical (unpaired) electrons. The fourth-order valence-corrected chi connectivity index (χ4v) is 3.16. The Bertz CT molecular complexity index is 658. The quantitative estimate of drug-likeness (QED) is 0.627. The van der Waals surface area contributed by atoms with Crippen LogP contribution >= 0.6 is 0 Å². The van der Waals surface area contributed by atoms with Crippen LogP contribution in [0.25, 0.3) is 0 Å². The number of nitrogens with one attached hydrogen (secondary N) is 1. The summed E-state index contributed by atoms with van der Waals surface area (Å²) < 4.78 is 25.4. The van der Waals surface area contributed by atoms with Crippen LogP contribution in [0.15, 0.2) is 30.3 Å². The summed E-state index contributed by atoms with van der Waals surface area (Å²) in [6, 6.07) is 9.51. The van der Waals surface area contributed by atoms with Gasteiger partial charge in [0.1, 0.15) is 18.0 Å². The lowest BCUT2D eigenvalue weighted by molar-refractivity contribution is 0.0485. The number of likely N-dealkylation sites (tertiary alicyclic amines) is 1. The molecule has 2 rings (SSSR count). The Balaban J connectivity index is 1.94. The molecular formula is C19H26N2O4S. The SMILES string of the molecule is COCC#CC1(N[S+]([O-])C(C)(C)C)CN(C(=O)OCc2ccccc2)C1. The molecule has 0 saturated carbocycles. The van der Waals surface area contributed by atoms with E-state index in [0.29, 0.717) is 13.1 Å². The lowest BCUT2D eigenvalue weighted by Gasteiger charge is -2.46. The molecule has 1 aliphatic heterocycles. The van der Waals surface area contributed by atoms with E-state index in [4.69, 9.17) is 9.47 Å². The van der Waals surface area contributed by atoms with E-state index in [1.165, 1.54) is 0 Å². The molecule has 1 atom stereocenters. The van der Waals surface area contributed by atoms with Gasteiger partial charge in [-0.05, 0) is 26.3 Å². The van der Waals surface area contributed by atoms with Crippen molar-refractivity contribution in [2.45, 2.75) is 37.7 Å². The first-order valence-corrected chi connectivity index (χ1v) is 9.55. The molecule has 1 saturated heterocycles. The number of amides is 1. The number of methoxy groups -OCH3 is 1. The Labute approximate surface area is 158 Å². The molecule has 142 valence electrons. The van der Waals surface area contributed by atoms with Gasteiger partial charge in [-0.25, -0.2) is 4.79 Å². The Morgan fingerprint density at radius 2 is 2.00 bits per heavy atom. The lowest BCUT2D eigenvalue weighted by atomic mass is 9.92. The molecule has 0 bridgehead atoms. The van der Waals surface area contributed by atoms with E-state index in [1.54, 1.807) is 12.0 Å². The Morgan fingerprint density at radius 1 is 1.35 bits per heavy atom. The monoisotopic (exact) mass is 378 g/mol. The molecule has 26 heavy (non-hydrogen) atoms. The van der Waals surface area contributed by atoms with Gasteiger partial charge in [-0.3, -0.25) is 0 Å². The number of hydrogen-bond acceptors (Lipinski definition) is 5. The first-order valence-electron chi connectivity index (χ1n) is 8.40. The molecule has 0 aromatic heterocycles. The van der Waals surface area contributed by atoms with Crippen molar-refractivity contribution >= 4 is 17.5 Å². The summed E-state index contributed by atoms with van der Waals surface area (Å²) in [4.78, 5) is 13.8. The molecule has 1 aliphatic rings. The number of carbonyl (C=O) groups excluding carboxylic acids is 1. The summed E-state index contributed by atoms with van der Waals surface area (Å²) in [6.45, 7) is 6.80. The van der Waals surface area contributed by atoms with E-state index in [9.17, 15) is 9.35 Å². The Hall–Kier alpha value is -1.72. The maximum absolute atomic E-state index is 12.5. The van der Waals surface area contributed by atoms with Crippen molar-refractivity contribution in [2.75, 3.05) is 26.8 Å². The second kappa shape index (κ2) is 8.78. The fourth-order valence-electron chi connectivity index (χ4n) is 2.32. The molecule has 1 amide bonds. The van der Waals surface area contributed by atoms with E-state index < -0.39 is 27.7 Å². The molecule has 7 heteroatoms. The van der Waals surface area contributed by atoms with Crippen LogP contribution in [0.5, 0.6) is 0 Å². The number of hydrogen-bond donors (Lipinski definition) is 1. The molecular weight excluding hydrogens is 352 g/mol. The third-order valence-corrected chi connectivity index (χ3v) is 5.46. The third-order valence-electron chi connectivity index (χ3n) is 3.77. The molecule has 1 aromatic carbocycles. The molecule has 0 aliphatic carbocycles. The van der Waals surface area contributed by atoms with E-state index in [2.05, 4.69) is 16.6 Å². The van der Waals surface area contributed by atoms with Crippen LogP contribution in [0, 0.1) is 11.8 Å². The topological polar surface area (TPSA) is 73.9 Å². The van der Waals surface area contributed by atoms with E-state index in [0.717, 1.165) is 5.56 Å². The van der Waals surface area contributed by atoms with Crippen molar-refractivity contribution in [3.05, 3.63) is 35.9 Å². The van der Waals surface area contributed by atoms with Crippen LogP contribution in [0.4, 0.5) is 4.79 Å².